The van der Waals surface area contributed by atoms with E-state index in [1.165, 1.54) is 5.56 Å². The third-order valence-corrected chi connectivity index (χ3v) is 3.75. The maximum atomic E-state index is 10.3. The first-order valence-electron chi connectivity index (χ1n) is 7.00. The van der Waals surface area contributed by atoms with Crippen molar-refractivity contribution in [1.82, 2.24) is 0 Å². The van der Waals surface area contributed by atoms with Gasteiger partial charge in [-0.05, 0) is 50.8 Å². The molecule has 3 nitrogen and oxygen atoms in total. The van der Waals surface area contributed by atoms with Crippen molar-refractivity contribution in [2.45, 2.75) is 51.7 Å². The molecular weight excluding hydrogens is 240 g/mol. The largest absolute Gasteiger partial charge is 0.497 e. The van der Waals surface area contributed by atoms with Crippen LogP contribution in [0.1, 0.15) is 39.2 Å². The van der Waals surface area contributed by atoms with Crippen LogP contribution in [0, 0.1) is 0 Å². The summed E-state index contributed by atoms with van der Waals surface area (Å²) in [6.07, 6.45) is 1.91. The summed E-state index contributed by atoms with van der Waals surface area (Å²) in [7, 11) is 1.66. The highest BCUT2D eigenvalue weighted by molar-refractivity contribution is 5.27. The Bertz CT molecular complexity index is 361. The van der Waals surface area contributed by atoms with Crippen molar-refractivity contribution in [2.24, 2.45) is 0 Å². The Balaban J connectivity index is 2.54. The maximum Gasteiger partial charge on any atom is 0.118 e. The van der Waals surface area contributed by atoms with Crippen LogP contribution >= 0.6 is 0 Å². The minimum Gasteiger partial charge on any atom is -0.497 e. The van der Waals surface area contributed by atoms with Crippen molar-refractivity contribution in [3.8, 4) is 5.75 Å². The summed E-state index contributed by atoms with van der Waals surface area (Å²) in [6, 6.07) is 7.97. The highest BCUT2D eigenvalue weighted by atomic mass is 16.5. The van der Waals surface area contributed by atoms with Crippen LogP contribution in [0.15, 0.2) is 24.3 Å². The van der Waals surface area contributed by atoms with Crippen LogP contribution in [0.2, 0.25) is 0 Å². The molecule has 2 atom stereocenters. The highest BCUT2D eigenvalue weighted by Crippen LogP contribution is 2.24. The molecule has 0 bridgehead atoms. The molecule has 1 N–H and O–H groups in total. The second-order valence-electron chi connectivity index (χ2n) is 5.00. The zero-order chi connectivity index (χ0) is 14.3. The molecule has 0 saturated carbocycles. The molecule has 1 aromatic carbocycles. The van der Waals surface area contributed by atoms with Gasteiger partial charge >= 0.3 is 0 Å². The van der Waals surface area contributed by atoms with Crippen LogP contribution < -0.4 is 4.74 Å². The molecule has 2 unspecified atom stereocenters. The minimum absolute atomic E-state index is 0.443. The second kappa shape index (κ2) is 7.51. The van der Waals surface area contributed by atoms with E-state index < -0.39 is 11.7 Å². The summed E-state index contributed by atoms with van der Waals surface area (Å²) in [6.45, 7) is 6.62. The van der Waals surface area contributed by atoms with Crippen LogP contribution in [0.5, 0.6) is 5.75 Å². The minimum atomic E-state index is -0.445. The lowest BCUT2D eigenvalue weighted by Gasteiger charge is -2.33. The number of aryl methyl sites for hydroxylation is 1. The number of benzene rings is 1. The van der Waals surface area contributed by atoms with E-state index in [0.29, 0.717) is 13.0 Å². The number of aliphatic hydroxyl groups is 1. The van der Waals surface area contributed by atoms with Gasteiger partial charge in [0, 0.05) is 6.61 Å². The Hall–Kier alpha value is -1.06. The Morgan fingerprint density at radius 2 is 1.84 bits per heavy atom. The number of ether oxygens (including phenoxy) is 2. The molecule has 0 heterocycles. The fourth-order valence-electron chi connectivity index (χ4n) is 2.16. The van der Waals surface area contributed by atoms with E-state index in [0.717, 1.165) is 18.6 Å². The van der Waals surface area contributed by atoms with Gasteiger partial charge in [0.15, 0.2) is 0 Å². The molecule has 0 fully saturated rings. The Morgan fingerprint density at radius 3 is 2.32 bits per heavy atom. The van der Waals surface area contributed by atoms with Gasteiger partial charge in [0.1, 0.15) is 5.75 Å². The van der Waals surface area contributed by atoms with Gasteiger partial charge in [-0.15, -0.1) is 0 Å². The molecule has 0 spiro atoms. The summed E-state index contributed by atoms with van der Waals surface area (Å²) >= 11 is 0. The molecule has 0 aliphatic carbocycles. The van der Waals surface area contributed by atoms with Crippen molar-refractivity contribution < 1.29 is 14.6 Å². The number of aliphatic hydroxyl groups excluding tert-OH is 1. The van der Waals surface area contributed by atoms with E-state index in [1.54, 1.807) is 7.11 Å². The van der Waals surface area contributed by atoms with Gasteiger partial charge in [0.2, 0.25) is 0 Å². The van der Waals surface area contributed by atoms with Gasteiger partial charge in [-0.25, -0.2) is 0 Å². The lowest BCUT2D eigenvalue weighted by atomic mass is 9.91. The molecule has 0 aliphatic rings. The normalized spacial score (nSPS) is 15.8. The van der Waals surface area contributed by atoms with E-state index in [4.69, 9.17) is 9.47 Å². The Labute approximate surface area is 116 Å². The Kier molecular flexibility index (Phi) is 6.32. The van der Waals surface area contributed by atoms with E-state index in [1.807, 2.05) is 45.0 Å². The smallest absolute Gasteiger partial charge is 0.118 e. The van der Waals surface area contributed by atoms with Crippen LogP contribution in [-0.2, 0) is 11.2 Å². The lowest BCUT2D eigenvalue weighted by Crippen LogP contribution is -2.41. The van der Waals surface area contributed by atoms with Gasteiger partial charge in [-0.2, -0.15) is 0 Å². The van der Waals surface area contributed by atoms with Crippen molar-refractivity contribution in [3.63, 3.8) is 0 Å². The van der Waals surface area contributed by atoms with Gasteiger partial charge in [-0.1, -0.05) is 19.1 Å². The summed E-state index contributed by atoms with van der Waals surface area (Å²) in [5.41, 5.74) is 0.760. The average Bonchev–Trinajstić information content (AvgIpc) is 2.45. The summed E-state index contributed by atoms with van der Waals surface area (Å²) in [5.74, 6) is 0.858. The van der Waals surface area contributed by atoms with Gasteiger partial charge in [-0.3, -0.25) is 0 Å². The first-order valence-corrected chi connectivity index (χ1v) is 7.00. The molecule has 0 saturated heterocycles. The lowest BCUT2D eigenvalue weighted by molar-refractivity contribution is -0.112. The maximum absolute atomic E-state index is 10.3. The van der Waals surface area contributed by atoms with Crippen LogP contribution in [0.4, 0.5) is 0 Å². The number of hydrogen-bond acceptors (Lipinski definition) is 3. The second-order valence-corrected chi connectivity index (χ2v) is 5.00. The molecule has 0 radical (unpaired) electrons. The SMILES string of the molecule is CCOC(C)(CC)C(O)CCc1ccc(OC)cc1. The number of rotatable bonds is 8. The van der Waals surface area contributed by atoms with Crippen LogP contribution in [0.25, 0.3) is 0 Å². The van der Waals surface area contributed by atoms with E-state index >= 15 is 0 Å². The van der Waals surface area contributed by atoms with Gasteiger partial charge < -0.3 is 14.6 Å². The third kappa shape index (κ3) is 4.51. The molecule has 0 amide bonds. The number of hydrogen-bond donors (Lipinski definition) is 1. The summed E-state index contributed by atoms with van der Waals surface area (Å²) in [5, 5.41) is 10.3. The monoisotopic (exact) mass is 266 g/mol. The quantitative estimate of drug-likeness (QED) is 0.785. The predicted molar refractivity (Wildman–Crippen MR) is 77.6 cm³/mol. The zero-order valence-corrected chi connectivity index (χ0v) is 12.5. The van der Waals surface area contributed by atoms with Crippen molar-refractivity contribution in [3.05, 3.63) is 29.8 Å². The first-order chi connectivity index (χ1) is 9.05. The fraction of sp³-hybridized carbons (Fsp3) is 0.625. The van der Waals surface area contributed by atoms with Crippen LogP contribution in [-0.4, -0.2) is 30.5 Å². The number of methoxy groups -OCH3 is 1. The Morgan fingerprint density at radius 1 is 1.21 bits per heavy atom. The molecular formula is C16H26O3. The molecule has 108 valence electrons. The molecule has 19 heavy (non-hydrogen) atoms. The highest BCUT2D eigenvalue weighted by Gasteiger charge is 2.31. The summed E-state index contributed by atoms with van der Waals surface area (Å²) < 4.78 is 10.8. The fourth-order valence-corrected chi connectivity index (χ4v) is 2.16. The van der Waals surface area contributed by atoms with E-state index in [-0.39, 0.29) is 0 Å². The third-order valence-electron chi connectivity index (χ3n) is 3.75. The molecule has 0 aromatic heterocycles. The van der Waals surface area contributed by atoms with Crippen molar-refractivity contribution in [2.75, 3.05) is 13.7 Å². The molecule has 1 rings (SSSR count). The summed E-state index contributed by atoms with van der Waals surface area (Å²) in [4.78, 5) is 0. The van der Waals surface area contributed by atoms with Gasteiger partial charge in [0.05, 0.1) is 18.8 Å². The van der Waals surface area contributed by atoms with E-state index in [9.17, 15) is 5.11 Å². The first kappa shape index (κ1) is 16.0. The zero-order valence-electron chi connectivity index (χ0n) is 12.5. The standard InChI is InChI=1S/C16H26O3/c1-5-16(3,19-6-2)15(17)12-9-13-7-10-14(18-4)11-8-13/h7-8,10-11,15,17H,5-6,9,12H2,1-4H3. The van der Waals surface area contributed by atoms with Gasteiger partial charge in [0.25, 0.3) is 0 Å². The molecule has 1 aromatic rings. The van der Waals surface area contributed by atoms with Crippen molar-refractivity contribution >= 4 is 0 Å². The van der Waals surface area contributed by atoms with Crippen LogP contribution in [0.3, 0.4) is 0 Å². The molecule has 0 aliphatic heterocycles. The molecule has 3 heteroatoms. The van der Waals surface area contributed by atoms with E-state index in [2.05, 4.69) is 0 Å². The topological polar surface area (TPSA) is 38.7 Å². The predicted octanol–water partition coefficient (Wildman–Crippen LogP) is 3.19. The van der Waals surface area contributed by atoms with Crippen molar-refractivity contribution in [1.29, 1.82) is 0 Å². The average molecular weight is 266 g/mol.